The van der Waals surface area contributed by atoms with Crippen LogP contribution in [-0.4, -0.2) is 65.5 Å². The maximum atomic E-state index is 11.6. The monoisotopic (exact) mass is 460 g/mol. The molecule has 0 atom stereocenters. The molecule has 2 aliphatic rings. The van der Waals surface area contributed by atoms with Gasteiger partial charge in [0.25, 0.3) is 0 Å². The van der Waals surface area contributed by atoms with Gasteiger partial charge in [-0.25, -0.2) is 9.97 Å². The molecule has 178 valence electrons. The van der Waals surface area contributed by atoms with Crippen LogP contribution in [0.1, 0.15) is 30.9 Å². The van der Waals surface area contributed by atoms with Gasteiger partial charge in [-0.1, -0.05) is 0 Å². The fourth-order valence-electron chi connectivity index (χ4n) is 4.86. The molecule has 0 aliphatic carbocycles. The number of ether oxygens (including phenoxy) is 1. The first-order chi connectivity index (χ1) is 16.5. The smallest absolute Gasteiger partial charge is 0.227 e. The molecule has 3 aromatic rings. The zero-order valence-electron chi connectivity index (χ0n) is 20.1. The largest absolute Gasteiger partial charge is 0.495 e. The van der Waals surface area contributed by atoms with Gasteiger partial charge in [0.1, 0.15) is 5.75 Å². The van der Waals surface area contributed by atoms with E-state index in [4.69, 9.17) is 9.72 Å². The first-order valence-corrected chi connectivity index (χ1v) is 11.9. The molecule has 0 unspecified atom stereocenters. The minimum Gasteiger partial charge on any atom is -0.495 e. The number of aromatic nitrogens is 2. The minimum atomic E-state index is 0.156. The number of carbonyl (C=O) groups is 1. The van der Waals surface area contributed by atoms with Crippen molar-refractivity contribution in [2.75, 3.05) is 44.4 Å². The highest BCUT2D eigenvalue weighted by Gasteiger charge is 2.21. The third kappa shape index (κ3) is 4.77. The quantitative estimate of drug-likeness (QED) is 0.599. The molecule has 34 heavy (non-hydrogen) atoms. The van der Waals surface area contributed by atoms with Crippen molar-refractivity contribution >= 4 is 34.1 Å². The van der Waals surface area contributed by atoms with E-state index in [1.54, 1.807) is 14.0 Å². The van der Waals surface area contributed by atoms with Crippen LogP contribution < -0.4 is 15.4 Å². The molecule has 1 aromatic heterocycles. The number of amides is 1. The lowest BCUT2D eigenvalue weighted by Crippen LogP contribution is -2.41. The summed E-state index contributed by atoms with van der Waals surface area (Å²) < 4.78 is 5.66. The number of hydrogen-bond donors (Lipinski definition) is 2. The zero-order chi connectivity index (χ0) is 23.7. The Kier molecular flexibility index (Phi) is 6.24. The molecule has 1 fully saturated rings. The van der Waals surface area contributed by atoms with E-state index >= 15 is 0 Å². The second kappa shape index (κ2) is 9.46. The Bertz CT molecular complexity index is 1210. The van der Waals surface area contributed by atoms with Gasteiger partial charge in [0.2, 0.25) is 11.9 Å². The number of carbonyl (C=O) groups excluding carboxylic acids is 1. The van der Waals surface area contributed by atoms with Gasteiger partial charge in [-0.3, -0.25) is 4.79 Å². The summed E-state index contributed by atoms with van der Waals surface area (Å²) in [5.41, 5.74) is 5.43. The highest BCUT2D eigenvalue weighted by Crippen LogP contribution is 2.33. The van der Waals surface area contributed by atoms with Gasteiger partial charge in [0.15, 0.2) is 0 Å². The second-order valence-electron chi connectivity index (χ2n) is 9.33. The van der Waals surface area contributed by atoms with Crippen molar-refractivity contribution in [3.63, 3.8) is 0 Å². The van der Waals surface area contributed by atoms with Crippen molar-refractivity contribution in [2.24, 2.45) is 0 Å². The Balaban J connectivity index is 1.34. The lowest BCUT2D eigenvalue weighted by Gasteiger charge is -2.32. The van der Waals surface area contributed by atoms with Crippen LogP contribution in [-0.2, 0) is 17.8 Å². The van der Waals surface area contributed by atoms with Crippen LogP contribution in [0, 0.1) is 0 Å². The molecule has 3 heterocycles. The van der Waals surface area contributed by atoms with E-state index in [2.05, 4.69) is 51.8 Å². The van der Waals surface area contributed by atoms with Gasteiger partial charge in [-0.05, 0) is 67.8 Å². The normalized spacial score (nSPS) is 16.9. The number of nitrogens with one attached hydrogen (secondary N) is 2. The summed E-state index contributed by atoms with van der Waals surface area (Å²) in [6, 6.07) is 10.8. The van der Waals surface area contributed by atoms with E-state index < -0.39 is 0 Å². The van der Waals surface area contributed by atoms with Gasteiger partial charge in [0, 0.05) is 56.4 Å². The summed E-state index contributed by atoms with van der Waals surface area (Å²) in [5, 5.41) is 7.98. The molecule has 5 rings (SSSR count). The van der Waals surface area contributed by atoms with Crippen molar-refractivity contribution in [3.05, 3.63) is 47.7 Å². The average molecular weight is 461 g/mol. The topological polar surface area (TPSA) is 82.6 Å². The van der Waals surface area contributed by atoms with Crippen molar-refractivity contribution in [3.8, 4) is 5.75 Å². The third-order valence-electron chi connectivity index (χ3n) is 6.87. The molecular weight excluding hydrogens is 428 g/mol. The molecule has 0 saturated carbocycles. The zero-order valence-corrected chi connectivity index (χ0v) is 20.1. The average Bonchev–Trinajstić information content (AvgIpc) is 2.83. The van der Waals surface area contributed by atoms with E-state index in [1.165, 1.54) is 11.1 Å². The Morgan fingerprint density at radius 2 is 1.94 bits per heavy atom. The molecule has 1 saturated heterocycles. The van der Waals surface area contributed by atoms with Crippen LogP contribution in [0.2, 0.25) is 0 Å². The van der Waals surface area contributed by atoms with Gasteiger partial charge < -0.3 is 25.2 Å². The number of likely N-dealkylation sites (N-methyl/N-ethyl adjacent to an activating group) is 1. The van der Waals surface area contributed by atoms with Gasteiger partial charge in [0.05, 0.1) is 18.3 Å². The molecule has 0 radical (unpaired) electrons. The number of fused-ring (bicyclic) bond motifs is 2. The van der Waals surface area contributed by atoms with Crippen molar-refractivity contribution < 1.29 is 9.53 Å². The lowest BCUT2D eigenvalue weighted by atomic mass is 9.99. The molecule has 8 nitrogen and oxygen atoms in total. The molecule has 2 aromatic carbocycles. The summed E-state index contributed by atoms with van der Waals surface area (Å²) in [6.07, 6.45) is 4.76. The number of likely N-dealkylation sites (tertiary alicyclic amines) is 1. The number of benzene rings is 2. The maximum Gasteiger partial charge on any atom is 0.227 e. The van der Waals surface area contributed by atoms with E-state index in [1.807, 2.05) is 17.2 Å². The van der Waals surface area contributed by atoms with Gasteiger partial charge in [-0.15, -0.1) is 0 Å². The molecule has 0 spiro atoms. The highest BCUT2D eigenvalue weighted by molar-refractivity contribution is 5.83. The summed E-state index contributed by atoms with van der Waals surface area (Å²) >= 11 is 0. The van der Waals surface area contributed by atoms with Crippen molar-refractivity contribution in [1.82, 2.24) is 19.8 Å². The number of methoxy groups -OCH3 is 1. The van der Waals surface area contributed by atoms with Gasteiger partial charge in [-0.2, -0.15) is 0 Å². The highest BCUT2D eigenvalue weighted by atomic mass is 16.5. The summed E-state index contributed by atoms with van der Waals surface area (Å²) in [6.45, 7) is 5.22. The van der Waals surface area contributed by atoms with Crippen molar-refractivity contribution in [1.29, 1.82) is 0 Å². The molecule has 0 bridgehead atoms. The van der Waals surface area contributed by atoms with E-state index in [9.17, 15) is 4.79 Å². The number of anilines is 3. The van der Waals surface area contributed by atoms with Crippen LogP contribution in [0.15, 0.2) is 36.5 Å². The minimum absolute atomic E-state index is 0.156. The first kappa shape index (κ1) is 22.4. The number of piperidine rings is 1. The molecular formula is C26H32N6O2. The fourth-order valence-corrected chi connectivity index (χ4v) is 4.86. The van der Waals surface area contributed by atoms with E-state index in [0.29, 0.717) is 12.0 Å². The Hall–Kier alpha value is -3.39. The van der Waals surface area contributed by atoms with Crippen LogP contribution in [0.25, 0.3) is 10.9 Å². The lowest BCUT2D eigenvalue weighted by molar-refractivity contribution is -0.129. The van der Waals surface area contributed by atoms with Crippen LogP contribution in [0.3, 0.4) is 0 Å². The summed E-state index contributed by atoms with van der Waals surface area (Å²) in [7, 11) is 3.84. The Morgan fingerprint density at radius 1 is 1.12 bits per heavy atom. The molecule has 8 heteroatoms. The molecule has 1 amide bonds. The maximum absolute atomic E-state index is 11.6. The van der Waals surface area contributed by atoms with Crippen LogP contribution in [0.5, 0.6) is 5.75 Å². The third-order valence-corrected chi connectivity index (χ3v) is 6.87. The van der Waals surface area contributed by atoms with E-state index in [-0.39, 0.29) is 5.91 Å². The number of hydrogen-bond acceptors (Lipinski definition) is 7. The number of nitrogens with zero attached hydrogens (tertiary/aromatic N) is 4. The summed E-state index contributed by atoms with van der Waals surface area (Å²) in [5.74, 6) is 1.50. The molecule has 2 aliphatic heterocycles. The standard InChI is InChI=1S/C26H32N6O2/c1-17(33)32-10-7-21(8-11-32)28-22-5-4-19-15-27-26(29-23(19)14-22)30-24-12-20-16-31(2)9-6-18(20)13-25(24)34-3/h4-5,12-15,21,28H,6-11,16H2,1-3H3,(H,27,29,30). The summed E-state index contributed by atoms with van der Waals surface area (Å²) in [4.78, 5) is 25.1. The van der Waals surface area contributed by atoms with Crippen LogP contribution in [0.4, 0.5) is 17.3 Å². The van der Waals surface area contributed by atoms with E-state index in [0.717, 1.165) is 73.5 Å². The fraction of sp³-hybridized carbons (Fsp3) is 0.423. The van der Waals surface area contributed by atoms with Crippen molar-refractivity contribution in [2.45, 2.75) is 38.8 Å². The predicted octanol–water partition coefficient (Wildman–Crippen LogP) is 3.79. The predicted molar refractivity (Wildman–Crippen MR) is 135 cm³/mol. The SMILES string of the molecule is COc1cc2c(cc1Nc1ncc3ccc(NC4CCN(C(C)=O)CC4)cc3n1)CN(C)CC2. The Morgan fingerprint density at radius 3 is 2.71 bits per heavy atom. The second-order valence-corrected chi connectivity index (χ2v) is 9.33. The van der Waals surface area contributed by atoms with Crippen LogP contribution >= 0.6 is 0 Å². The number of rotatable bonds is 5. The van der Waals surface area contributed by atoms with Gasteiger partial charge >= 0.3 is 0 Å². The first-order valence-electron chi connectivity index (χ1n) is 11.9. The Labute approximate surface area is 200 Å². The molecule has 2 N–H and O–H groups in total.